The Morgan fingerprint density at radius 2 is 1.32 bits per heavy atom. The molecule has 0 aliphatic carbocycles. The van der Waals surface area contributed by atoms with Crippen LogP contribution >= 0.6 is 15.9 Å². The number of amides is 1. The molecule has 56 heavy (non-hydrogen) atoms. The number of nitrogens with one attached hydrogen (secondary N) is 2. The maximum Gasteiger partial charge on any atom is 0.256 e. The zero-order chi connectivity index (χ0) is 39.1. The maximum absolute atomic E-state index is 13.5. The molecule has 5 aromatic carbocycles. The minimum atomic E-state index is -0.890. The molecular formula is C46H44BrN7O2. The number of anilines is 1. The van der Waals surface area contributed by atoms with Crippen LogP contribution < -0.4 is 10.9 Å². The molecule has 0 bridgehead atoms. The average molecular weight is 807 g/mol. The summed E-state index contributed by atoms with van der Waals surface area (Å²) in [4.78, 5) is 34.0. The van der Waals surface area contributed by atoms with Crippen molar-refractivity contribution in [3.8, 4) is 22.5 Å². The Labute approximate surface area is 335 Å². The first-order valence-electron chi connectivity index (χ1n) is 18.9. The number of hydrogen-bond donors (Lipinski definition) is 2. The molecule has 2 N–H and O–H groups in total. The van der Waals surface area contributed by atoms with Gasteiger partial charge in [-0.1, -0.05) is 183 Å². The number of aryl methyl sites for hydroxylation is 1. The molecule has 7 aromatic rings. The molecule has 7 rings (SSSR count). The second kappa shape index (κ2) is 16.8. The van der Waals surface area contributed by atoms with E-state index in [2.05, 4.69) is 111 Å². The number of H-pyrrole nitrogens is 1. The third-order valence-electron chi connectivity index (χ3n) is 10.2. The van der Waals surface area contributed by atoms with Gasteiger partial charge >= 0.3 is 0 Å². The van der Waals surface area contributed by atoms with E-state index in [0.717, 1.165) is 51.8 Å². The highest BCUT2D eigenvalue weighted by Gasteiger charge is 2.42. The highest BCUT2D eigenvalue weighted by atomic mass is 79.9. The van der Waals surface area contributed by atoms with E-state index in [0.29, 0.717) is 35.3 Å². The molecule has 0 fully saturated rings. The first-order valence-corrected chi connectivity index (χ1v) is 20.0. The summed E-state index contributed by atoms with van der Waals surface area (Å²) in [5.74, 6) is 0.572. The van der Waals surface area contributed by atoms with Crippen LogP contribution in [0.15, 0.2) is 144 Å². The first kappa shape index (κ1) is 38.3. The summed E-state index contributed by atoms with van der Waals surface area (Å²) in [5.41, 5.74) is 6.35. The molecule has 9 nitrogen and oxygen atoms in total. The van der Waals surface area contributed by atoms with E-state index in [1.165, 1.54) is 0 Å². The zero-order valence-electron chi connectivity index (χ0n) is 31.7. The smallest absolute Gasteiger partial charge is 0.256 e. The van der Waals surface area contributed by atoms with Gasteiger partial charge in [0, 0.05) is 22.9 Å². The van der Waals surface area contributed by atoms with Gasteiger partial charge in [-0.2, -0.15) is 0 Å². The highest BCUT2D eigenvalue weighted by molar-refractivity contribution is 9.09. The predicted octanol–water partition coefficient (Wildman–Crippen LogP) is 9.22. The molecule has 0 radical (unpaired) electrons. The van der Waals surface area contributed by atoms with Crippen LogP contribution in [0.2, 0.25) is 0 Å². The summed E-state index contributed by atoms with van der Waals surface area (Å²) in [5, 5.41) is 17.1. The van der Waals surface area contributed by atoms with Gasteiger partial charge in [0.1, 0.15) is 5.54 Å². The van der Waals surface area contributed by atoms with E-state index < -0.39 is 11.0 Å². The molecule has 0 aliphatic rings. The number of hydrogen-bond acceptors (Lipinski definition) is 6. The lowest BCUT2D eigenvalue weighted by Crippen LogP contribution is -2.39. The summed E-state index contributed by atoms with van der Waals surface area (Å²) >= 11 is 3.40. The SMILES string of the molecule is CCCCc1nc(NC(=O)C(C)(C)CBr)[nH]c(=O)c1Cc1ccc(-c2ccccc2-c2nnnn2C(c2ccccc2)(c2ccccc2)c2ccccc2)cc1. The number of rotatable bonds is 14. The lowest BCUT2D eigenvalue weighted by Gasteiger charge is -2.36. The van der Waals surface area contributed by atoms with Gasteiger partial charge in [-0.05, 0) is 56.6 Å². The second-order valence-corrected chi connectivity index (χ2v) is 15.1. The van der Waals surface area contributed by atoms with Crippen LogP contribution in [0, 0.1) is 5.41 Å². The standard InChI is InChI=1S/C46H44BrN7O2/c1-4-5-25-40-39(42(55)49-44(48-40)50-43(56)45(2,3)31-47)30-32-26-28-33(29-27-32)37-23-15-16-24-38(37)41-51-52-53-54(41)46(34-17-9-6-10-18-34,35-19-11-7-12-20-35)36-21-13-8-14-22-36/h6-24,26-29H,4-5,25,30-31H2,1-3H3,(H2,48,49,50,55,56). The van der Waals surface area contributed by atoms with Gasteiger partial charge in [-0.15, -0.1) is 5.10 Å². The van der Waals surface area contributed by atoms with Gasteiger partial charge in [-0.3, -0.25) is 19.9 Å². The Morgan fingerprint density at radius 3 is 1.88 bits per heavy atom. The van der Waals surface area contributed by atoms with E-state index in [-0.39, 0.29) is 17.4 Å². The van der Waals surface area contributed by atoms with Gasteiger partial charge in [0.2, 0.25) is 11.9 Å². The molecule has 0 atom stereocenters. The number of aromatic amines is 1. The van der Waals surface area contributed by atoms with E-state index in [1.54, 1.807) is 0 Å². The molecule has 0 spiro atoms. The van der Waals surface area contributed by atoms with E-state index >= 15 is 0 Å². The Hall–Kier alpha value is -6.00. The quantitative estimate of drug-likeness (QED) is 0.0836. The van der Waals surface area contributed by atoms with Crippen molar-refractivity contribution in [3.05, 3.63) is 183 Å². The number of unbranched alkanes of at least 4 members (excludes halogenated alkanes) is 1. The second-order valence-electron chi connectivity index (χ2n) is 14.6. The van der Waals surface area contributed by atoms with Crippen LogP contribution in [-0.4, -0.2) is 41.4 Å². The predicted molar refractivity (Wildman–Crippen MR) is 226 cm³/mol. The molecule has 0 aliphatic heterocycles. The topological polar surface area (TPSA) is 118 Å². The van der Waals surface area contributed by atoms with Crippen molar-refractivity contribution >= 4 is 27.8 Å². The van der Waals surface area contributed by atoms with Gasteiger partial charge in [-0.25, -0.2) is 9.67 Å². The van der Waals surface area contributed by atoms with Crippen molar-refractivity contribution in [3.63, 3.8) is 0 Å². The summed E-state index contributed by atoms with van der Waals surface area (Å²) in [7, 11) is 0. The van der Waals surface area contributed by atoms with Crippen molar-refractivity contribution in [1.82, 2.24) is 30.2 Å². The first-order chi connectivity index (χ1) is 27.3. The average Bonchev–Trinajstić information content (AvgIpc) is 3.73. The highest BCUT2D eigenvalue weighted by Crippen LogP contribution is 2.43. The number of halogens is 1. The number of alkyl halides is 1. The van der Waals surface area contributed by atoms with Crippen molar-refractivity contribution in [2.75, 3.05) is 10.6 Å². The summed E-state index contributed by atoms with van der Waals surface area (Å²) in [6.45, 7) is 5.77. The van der Waals surface area contributed by atoms with Gasteiger partial charge in [0.15, 0.2) is 5.82 Å². The summed E-state index contributed by atoms with van der Waals surface area (Å²) in [6, 6.07) is 47.5. The van der Waals surface area contributed by atoms with Crippen molar-refractivity contribution in [1.29, 1.82) is 0 Å². The largest absolute Gasteiger partial charge is 0.296 e. The Kier molecular flexibility index (Phi) is 11.5. The lowest BCUT2D eigenvalue weighted by molar-refractivity contribution is -0.122. The van der Waals surface area contributed by atoms with Crippen molar-refractivity contribution < 1.29 is 4.79 Å². The Bertz CT molecular complexity index is 2370. The number of aromatic nitrogens is 6. The molecule has 2 aromatic heterocycles. The number of carbonyl (C=O) groups excluding carboxylic acids is 1. The fourth-order valence-corrected chi connectivity index (χ4v) is 7.35. The van der Waals surface area contributed by atoms with Crippen LogP contribution in [-0.2, 0) is 23.2 Å². The summed E-state index contributed by atoms with van der Waals surface area (Å²) < 4.78 is 1.95. The maximum atomic E-state index is 13.5. The fourth-order valence-electron chi connectivity index (χ4n) is 7.10. The van der Waals surface area contributed by atoms with Gasteiger partial charge in [0.05, 0.1) is 11.1 Å². The molecule has 10 heteroatoms. The van der Waals surface area contributed by atoms with Crippen LogP contribution in [0.5, 0.6) is 0 Å². The fraction of sp³-hybridized carbons (Fsp3) is 0.217. The van der Waals surface area contributed by atoms with E-state index in [4.69, 9.17) is 15.3 Å². The zero-order valence-corrected chi connectivity index (χ0v) is 33.3. The monoisotopic (exact) mass is 805 g/mol. The number of benzene rings is 5. The Balaban J connectivity index is 1.27. The van der Waals surface area contributed by atoms with E-state index in [1.807, 2.05) is 85.3 Å². The van der Waals surface area contributed by atoms with Crippen molar-refractivity contribution in [2.45, 2.75) is 52.0 Å². The van der Waals surface area contributed by atoms with Crippen molar-refractivity contribution in [2.24, 2.45) is 5.41 Å². The normalized spacial score (nSPS) is 11.7. The molecule has 282 valence electrons. The molecule has 0 saturated heterocycles. The summed E-state index contributed by atoms with van der Waals surface area (Å²) in [6.07, 6.45) is 2.86. The number of carbonyl (C=O) groups is 1. The third-order valence-corrected chi connectivity index (χ3v) is 11.6. The minimum absolute atomic E-state index is 0.175. The minimum Gasteiger partial charge on any atom is -0.296 e. The molecule has 1 amide bonds. The molecular weight excluding hydrogens is 762 g/mol. The molecule has 0 unspecified atom stereocenters. The van der Waals surface area contributed by atoms with E-state index in [9.17, 15) is 9.59 Å². The number of tetrazole rings is 1. The Morgan fingerprint density at radius 1 is 0.768 bits per heavy atom. The van der Waals surface area contributed by atoms with Crippen LogP contribution in [0.1, 0.15) is 67.1 Å². The molecule has 2 heterocycles. The van der Waals surface area contributed by atoms with Crippen LogP contribution in [0.3, 0.4) is 0 Å². The molecule has 0 saturated carbocycles. The van der Waals surface area contributed by atoms with Crippen LogP contribution in [0.25, 0.3) is 22.5 Å². The lowest BCUT2D eigenvalue weighted by atomic mass is 9.77. The van der Waals surface area contributed by atoms with Gasteiger partial charge < -0.3 is 0 Å². The third kappa shape index (κ3) is 7.62. The van der Waals surface area contributed by atoms with Crippen LogP contribution in [0.4, 0.5) is 5.95 Å². The number of nitrogens with zero attached hydrogens (tertiary/aromatic N) is 5. The van der Waals surface area contributed by atoms with Gasteiger partial charge in [0.25, 0.3) is 5.56 Å².